The van der Waals surface area contributed by atoms with Crippen LogP contribution >= 0.6 is 0 Å². The second-order valence-electron chi connectivity index (χ2n) is 9.14. The quantitative estimate of drug-likeness (QED) is 0.482. The van der Waals surface area contributed by atoms with E-state index in [0.717, 1.165) is 54.6 Å². The van der Waals surface area contributed by atoms with Crippen molar-refractivity contribution in [1.82, 2.24) is 24.6 Å². The lowest BCUT2D eigenvalue weighted by atomic mass is 9.95. The van der Waals surface area contributed by atoms with Gasteiger partial charge in [0.2, 0.25) is 0 Å². The van der Waals surface area contributed by atoms with E-state index in [1.165, 1.54) is 11.3 Å². The summed E-state index contributed by atoms with van der Waals surface area (Å²) in [7, 11) is 0. The number of aromatic nitrogens is 4. The topological polar surface area (TPSA) is 60.0 Å². The summed E-state index contributed by atoms with van der Waals surface area (Å²) in [5.74, 6) is 1.71. The molecule has 0 radical (unpaired) electrons. The summed E-state index contributed by atoms with van der Waals surface area (Å²) in [6.07, 6.45) is 6.75. The summed E-state index contributed by atoms with van der Waals surface area (Å²) in [5.41, 5.74) is 5.44. The molecule has 0 amide bonds. The van der Waals surface area contributed by atoms with Crippen LogP contribution in [0.25, 0.3) is 17.1 Å². The second-order valence-corrected chi connectivity index (χ2v) is 9.14. The van der Waals surface area contributed by atoms with Crippen molar-refractivity contribution in [2.45, 2.75) is 45.7 Å². The number of fused-ring (bicyclic) bond motifs is 1. The SMILES string of the molecule is CC(C)(C)c1ncc2c(n1)CCN(Cc1cn(-c3ccccc3)nc1-c1ccco1)C2. The van der Waals surface area contributed by atoms with Crippen LogP contribution in [0.3, 0.4) is 0 Å². The van der Waals surface area contributed by atoms with Crippen molar-refractivity contribution >= 4 is 0 Å². The number of hydrogen-bond acceptors (Lipinski definition) is 5. The highest BCUT2D eigenvalue weighted by molar-refractivity contribution is 5.57. The van der Waals surface area contributed by atoms with Crippen LogP contribution in [0.5, 0.6) is 0 Å². The third-order valence-corrected chi connectivity index (χ3v) is 5.64. The van der Waals surface area contributed by atoms with Crippen LogP contribution in [0.1, 0.15) is 43.4 Å². The Labute approximate surface area is 182 Å². The third-order valence-electron chi connectivity index (χ3n) is 5.64. The minimum atomic E-state index is -0.0316. The average molecular weight is 414 g/mol. The molecular formula is C25H27N5O. The van der Waals surface area contributed by atoms with Gasteiger partial charge in [-0.3, -0.25) is 4.90 Å². The molecule has 0 spiro atoms. The van der Waals surface area contributed by atoms with E-state index in [9.17, 15) is 0 Å². The summed E-state index contributed by atoms with van der Waals surface area (Å²) < 4.78 is 7.62. The van der Waals surface area contributed by atoms with Gasteiger partial charge in [0.25, 0.3) is 0 Å². The minimum Gasteiger partial charge on any atom is -0.463 e. The third kappa shape index (κ3) is 4.03. The molecule has 1 aromatic carbocycles. The molecule has 1 aliphatic heterocycles. The van der Waals surface area contributed by atoms with Gasteiger partial charge in [-0.2, -0.15) is 5.10 Å². The number of rotatable bonds is 4. The first kappa shape index (κ1) is 19.7. The van der Waals surface area contributed by atoms with E-state index in [-0.39, 0.29) is 5.41 Å². The van der Waals surface area contributed by atoms with Crippen LogP contribution < -0.4 is 0 Å². The van der Waals surface area contributed by atoms with Gasteiger partial charge in [0.15, 0.2) is 5.76 Å². The van der Waals surface area contributed by atoms with Crippen molar-refractivity contribution in [3.63, 3.8) is 0 Å². The van der Waals surface area contributed by atoms with Gasteiger partial charge >= 0.3 is 0 Å². The lowest BCUT2D eigenvalue weighted by Crippen LogP contribution is -2.32. The maximum absolute atomic E-state index is 5.69. The molecule has 1 aliphatic rings. The number of para-hydroxylation sites is 1. The van der Waals surface area contributed by atoms with Crippen LogP contribution in [0.4, 0.5) is 0 Å². The summed E-state index contributed by atoms with van der Waals surface area (Å²) in [5, 5.41) is 4.84. The fourth-order valence-corrected chi connectivity index (χ4v) is 3.97. The zero-order valence-electron chi connectivity index (χ0n) is 18.2. The largest absolute Gasteiger partial charge is 0.463 e. The molecule has 158 valence electrons. The standard InChI is InChI=1S/C25H27N5O/c1-25(2,3)24-26-14-18-15-29(12-11-21(18)27-24)16-19-17-30(20-8-5-4-6-9-20)28-23(19)22-10-7-13-31-22/h4-10,13-14,17H,11-12,15-16H2,1-3H3. The van der Waals surface area contributed by atoms with Gasteiger partial charge in [0.05, 0.1) is 12.0 Å². The fraction of sp³-hybridized carbons (Fsp3) is 0.320. The molecule has 4 heterocycles. The van der Waals surface area contributed by atoms with E-state index in [4.69, 9.17) is 14.5 Å². The van der Waals surface area contributed by atoms with Crippen LogP contribution in [0.15, 0.2) is 65.5 Å². The minimum absolute atomic E-state index is 0.0316. The van der Waals surface area contributed by atoms with E-state index in [1.807, 2.05) is 41.2 Å². The van der Waals surface area contributed by atoms with Crippen molar-refractivity contribution in [1.29, 1.82) is 0 Å². The Balaban J connectivity index is 1.42. The van der Waals surface area contributed by atoms with Gasteiger partial charge in [0.1, 0.15) is 11.5 Å². The van der Waals surface area contributed by atoms with Crippen LogP contribution in [0, 0.1) is 0 Å². The summed E-state index contributed by atoms with van der Waals surface area (Å²) >= 11 is 0. The summed E-state index contributed by atoms with van der Waals surface area (Å²) in [6.45, 7) is 9.07. The first-order chi connectivity index (χ1) is 15.0. The molecule has 0 N–H and O–H groups in total. The van der Waals surface area contributed by atoms with Gasteiger partial charge in [-0.25, -0.2) is 14.6 Å². The van der Waals surface area contributed by atoms with Gasteiger partial charge in [-0.15, -0.1) is 0 Å². The van der Waals surface area contributed by atoms with Gasteiger partial charge < -0.3 is 4.42 Å². The maximum atomic E-state index is 5.69. The molecule has 5 rings (SSSR count). The highest BCUT2D eigenvalue weighted by Crippen LogP contribution is 2.28. The molecule has 4 aromatic rings. The molecule has 0 atom stereocenters. The maximum Gasteiger partial charge on any atom is 0.154 e. The molecule has 0 unspecified atom stereocenters. The van der Waals surface area contributed by atoms with Crippen molar-refractivity contribution in [3.05, 3.63) is 83.8 Å². The Bertz CT molecular complexity index is 1170. The average Bonchev–Trinajstić information content (AvgIpc) is 3.43. The molecule has 6 heteroatoms. The van der Waals surface area contributed by atoms with Crippen LogP contribution in [0.2, 0.25) is 0 Å². The predicted octanol–water partition coefficient (Wildman–Crippen LogP) is 4.78. The number of nitrogens with zero attached hydrogens (tertiary/aromatic N) is 5. The monoisotopic (exact) mass is 413 g/mol. The molecule has 0 bridgehead atoms. The lowest BCUT2D eigenvalue weighted by molar-refractivity contribution is 0.242. The van der Waals surface area contributed by atoms with Crippen LogP contribution in [-0.4, -0.2) is 31.2 Å². The Hall–Kier alpha value is -3.25. The van der Waals surface area contributed by atoms with E-state index < -0.39 is 0 Å². The Kier molecular flexibility index (Phi) is 4.94. The number of furan rings is 1. The van der Waals surface area contributed by atoms with E-state index in [0.29, 0.717) is 0 Å². The van der Waals surface area contributed by atoms with Crippen molar-refractivity contribution < 1.29 is 4.42 Å². The predicted molar refractivity (Wildman–Crippen MR) is 120 cm³/mol. The Morgan fingerprint density at radius 1 is 1.06 bits per heavy atom. The molecule has 3 aromatic heterocycles. The van der Waals surface area contributed by atoms with Gasteiger partial charge in [-0.1, -0.05) is 39.0 Å². The van der Waals surface area contributed by atoms with E-state index in [1.54, 1.807) is 6.26 Å². The Morgan fingerprint density at radius 3 is 2.65 bits per heavy atom. The van der Waals surface area contributed by atoms with Gasteiger partial charge in [-0.05, 0) is 24.3 Å². The highest BCUT2D eigenvalue weighted by atomic mass is 16.3. The normalized spacial score (nSPS) is 14.5. The van der Waals surface area contributed by atoms with Crippen LogP contribution in [-0.2, 0) is 24.9 Å². The number of benzene rings is 1. The van der Waals surface area contributed by atoms with Crippen molar-refractivity contribution in [2.75, 3.05) is 6.54 Å². The Morgan fingerprint density at radius 2 is 1.90 bits per heavy atom. The van der Waals surface area contributed by atoms with Crippen molar-refractivity contribution in [3.8, 4) is 17.1 Å². The first-order valence-corrected chi connectivity index (χ1v) is 10.7. The zero-order chi connectivity index (χ0) is 21.4. The molecule has 0 aliphatic carbocycles. The van der Waals surface area contributed by atoms with E-state index in [2.05, 4.69) is 49.0 Å². The fourth-order valence-electron chi connectivity index (χ4n) is 3.97. The molecular weight excluding hydrogens is 386 g/mol. The molecule has 31 heavy (non-hydrogen) atoms. The summed E-state index contributed by atoms with van der Waals surface area (Å²) in [4.78, 5) is 11.9. The molecule has 0 saturated heterocycles. The van der Waals surface area contributed by atoms with E-state index >= 15 is 0 Å². The first-order valence-electron chi connectivity index (χ1n) is 10.7. The number of hydrogen-bond donors (Lipinski definition) is 0. The summed E-state index contributed by atoms with van der Waals surface area (Å²) in [6, 6.07) is 14.1. The molecule has 0 saturated carbocycles. The van der Waals surface area contributed by atoms with Crippen molar-refractivity contribution in [2.24, 2.45) is 0 Å². The second kappa shape index (κ2) is 7.78. The lowest BCUT2D eigenvalue weighted by Gasteiger charge is -2.29. The molecule has 0 fully saturated rings. The zero-order valence-corrected chi connectivity index (χ0v) is 18.2. The molecule has 6 nitrogen and oxygen atoms in total. The van der Waals surface area contributed by atoms with Gasteiger partial charge in [0, 0.05) is 60.7 Å². The highest BCUT2D eigenvalue weighted by Gasteiger charge is 2.24. The smallest absolute Gasteiger partial charge is 0.154 e.